The van der Waals surface area contributed by atoms with Crippen molar-refractivity contribution in [2.45, 2.75) is 52.5 Å². The highest BCUT2D eigenvalue weighted by Crippen LogP contribution is 2.60. The van der Waals surface area contributed by atoms with Gasteiger partial charge in [0.1, 0.15) is 0 Å². The lowest BCUT2D eigenvalue weighted by Gasteiger charge is -2.35. The van der Waals surface area contributed by atoms with Gasteiger partial charge in [0.25, 0.3) is 0 Å². The first kappa shape index (κ1) is 18.7. The molecule has 0 aromatic rings. The van der Waals surface area contributed by atoms with E-state index in [1.54, 1.807) is 0 Å². The summed E-state index contributed by atoms with van der Waals surface area (Å²) >= 11 is 0. The molecule has 0 aliphatic heterocycles. The van der Waals surface area contributed by atoms with Crippen molar-refractivity contribution in [1.82, 2.24) is 4.67 Å². The molecule has 0 saturated carbocycles. The van der Waals surface area contributed by atoms with E-state index in [4.69, 9.17) is 0 Å². The molecule has 0 rings (SSSR count). The minimum atomic E-state index is -5.60. The first-order valence-corrected chi connectivity index (χ1v) is 6.61. The minimum absolute atomic E-state index is 0.397. The highest BCUT2D eigenvalue weighted by Gasteiger charge is 2.53. The molecule has 0 N–H and O–H groups in total. The third-order valence-corrected chi connectivity index (χ3v) is 4.14. The summed E-state index contributed by atoms with van der Waals surface area (Å²) in [6, 6.07) is -1.84. The molecule has 0 aliphatic rings. The van der Waals surface area contributed by atoms with Crippen LogP contribution in [0.3, 0.4) is 0 Å². The molecule has 0 heterocycles. The van der Waals surface area contributed by atoms with E-state index in [0.29, 0.717) is 4.67 Å². The van der Waals surface area contributed by atoms with Crippen LogP contribution in [-0.2, 0) is 13.6 Å². The van der Waals surface area contributed by atoms with Crippen LogP contribution in [0.5, 0.6) is 0 Å². The standard InChI is InChI=1S/C8H14F6NO3P/c1-5(2)15(6(3)4)19(16,17-7(9,10)11)18-8(12,13)14/h5-6H,1-4H3. The molecule has 0 aromatic carbocycles. The molecule has 0 fully saturated rings. The number of nitrogens with zero attached hydrogens (tertiary/aromatic N) is 1. The van der Waals surface area contributed by atoms with Crippen LogP contribution < -0.4 is 0 Å². The molecule has 0 atom stereocenters. The number of hydrogen-bond acceptors (Lipinski definition) is 3. The normalized spacial score (nSPS) is 14.8. The van der Waals surface area contributed by atoms with Crippen molar-refractivity contribution in [1.29, 1.82) is 0 Å². The van der Waals surface area contributed by atoms with E-state index in [-0.39, 0.29) is 0 Å². The van der Waals surface area contributed by atoms with Crippen LogP contribution in [-0.4, -0.2) is 29.5 Å². The lowest BCUT2D eigenvalue weighted by Crippen LogP contribution is -2.38. The minimum Gasteiger partial charge on any atom is -0.240 e. The quantitative estimate of drug-likeness (QED) is 0.560. The fraction of sp³-hybridized carbons (Fsp3) is 1.00. The predicted molar refractivity (Wildman–Crippen MR) is 54.0 cm³/mol. The predicted octanol–water partition coefficient (Wildman–Crippen LogP) is 4.29. The fourth-order valence-corrected chi connectivity index (χ4v) is 3.42. The summed E-state index contributed by atoms with van der Waals surface area (Å²) < 4.78 is 91.4. The van der Waals surface area contributed by atoms with Crippen LogP contribution in [0.4, 0.5) is 26.3 Å². The molecule has 0 unspecified atom stereocenters. The summed E-state index contributed by atoms with van der Waals surface area (Å²) in [7, 11) is -5.60. The molecule has 0 radical (unpaired) electrons. The molecular formula is C8H14F6NO3P. The topological polar surface area (TPSA) is 38.8 Å². The Balaban J connectivity index is 5.54. The first-order chi connectivity index (χ1) is 8.18. The maximum absolute atomic E-state index is 12.1. The Morgan fingerprint density at radius 2 is 1.11 bits per heavy atom. The van der Waals surface area contributed by atoms with Gasteiger partial charge in [-0.05, 0) is 27.7 Å². The Kier molecular flexibility index (Phi) is 5.89. The Hall–Kier alpha value is -0.310. The van der Waals surface area contributed by atoms with Gasteiger partial charge in [-0.3, -0.25) is 0 Å². The van der Waals surface area contributed by atoms with Crippen LogP contribution in [0.1, 0.15) is 27.7 Å². The van der Waals surface area contributed by atoms with Gasteiger partial charge in [-0.25, -0.2) is 18.3 Å². The van der Waals surface area contributed by atoms with E-state index in [0.717, 1.165) is 0 Å². The Morgan fingerprint density at radius 1 is 0.842 bits per heavy atom. The summed E-state index contributed by atoms with van der Waals surface area (Å²) in [6.07, 6.45) is -11.0. The van der Waals surface area contributed by atoms with Crippen molar-refractivity contribution in [2.75, 3.05) is 0 Å². The van der Waals surface area contributed by atoms with E-state index >= 15 is 0 Å². The molecule has 0 bridgehead atoms. The summed E-state index contributed by atoms with van der Waals surface area (Å²) in [5.41, 5.74) is 0. The molecule has 11 heteroatoms. The van der Waals surface area contributed by atoms with Crippen molar-refractivity contribution in [3.8, 4) is 0 Å². The lowest BCUT2D eigenvalue weighted by atomic mass is 10.3. The molecule has 4 nitrogen and oxygen atoms in total. The van der Waals surface area contributed by atoms with E-state index < -0.39 is 32.6 Å². The first-order valence-electron chi connectivity index (χ1n) is 5.12. The van der Waals surface area contributed by atoms with Crippen LogP contribution in [0.25, 0.3) is 0 Å². The smallest absolute Gasteiger partial charge is 0.240 e. The Bertz CT molecular complexity index is 312. The van der Waals surface area contributed by atoms with Gasteiger partial charge in [-0.2, -0.15) is 0 Å². The van der Waals surface area contributed by atoms with Crippen molar-refractivity contribution in [3.63, 3.8) is 0 Å². The van der Waals surface area contributed by atoms with Crippen molar-refractivity contribution in [2.24, 2.45) is 0 Å². The van der Waals surface area contributed by atoms with Crippen molar-refractivity contribution in [3.05, 3.63) is 0 Å². The van der Waals surface area contributed by atoms with E-state index in [1.807, 2.05) is 0 Å². The highest BCUT2D eigenvalue weighted by atomic mass is 31.2. The summed E-state index contributed by atoms with van der Waals surface area (Å²) in [5.74, 6) is 0. The molecule has 19 heavy (non-hydrogen) atoms. The zero-order chi connectivity index (χ0) is 15.6. The number of alkyl halides is 6. The van der Waals surface area contributed by atoms with E-state index in [9.17, 15) is 30.9 Å². The zero-order valence-electron chi connectivity index (χ0n) is 10.5. The second-order valence-corrected chi connectivity index (χ2v) is 5.87. The molecule has 0 saturated heterocycles. The van der Waals surface area contributed by atoms with Crippen LogP contribution in [0.2, 0.25) is 0 Å². The van der Waals surface area contributed by atoms with Gasteiger partial charge in [0, 0.05) is 12.1 Å². The second kappa shape index (κ2) is 5.99. The maximum Gasteiger partial charge on any atom is 0.530 e. The molecule has 0 spiro atoms. The Labute approximate surface area is 106 Å². The van der Waals surface area contributed by atoms with Gasteiger partial charge in [0.2, 0.25) is 0 Å². The van der Waals surface area contributed by atoms with Gasteiger partial charge in [0.05, 0.1) is 0 Å². The van der Waals surface area contributed by atoms with Crippen LogP contribution in [0, 0.1) is 0 Å². The zero-order valence-corrected chi connectivity index (χ0v) is 11.4. The van der Waals surface area contributed by atoms with Crippen molar-refractivity contribution < 1.29 is 40.0 Å². The second-order valence-electron chi connectivity index (χ2n) is 4.11. The molecule has 0 amide bonds. The average molecular weight is 317 g/mol. The summed E-state index contributed by atoms with van der Waals surface area (Å²) in [5, 5.41) is 0. The molecule has 0 aromatic heterocycles. The molecule has 116 valence electrons. The highest BCUT2D eigenvalue weighted by molar-refractivity contribution is 7.51. The summed E-state index contributed by atoms with van der Waals surface area (Å²) in [4.78, 5) is 0. The average Bonchev–Trinajstić information content (AvgIpc) is 1.90. The van der Waals surface area contributed by atoms with Gasteiger partial charge in [-0.15, -0.1) is 26.3 Å². The van der Waals surface area contributed by atoms with Crippen LogP contribution >= 0.6 is 7.75 Å². The third-order valence-electron chi connectivity index (χ3n) is 1.78. The SMILES string of the molecule is CC(C)N(C(C)C)P(=O)(OC(F)(F)F)OC(F)(F)F. The van der Waals surface area contributed by atoms with E-state index in [2.05, 4.69) is 9.05 Å². The third kappa shape index (κ3) is 6.60. The molecule has 0 aliphatic carbocycles. The van der Waals surface area contributed by atoms with Gasteiger partial charge < -0.3 is 0 Å². The van der Waals surface area contributed by atoms with Gasteiger partial charge in [0.15, 0.2) is 0 Å². The number of rotatable bonds is 5. The number of hydrogen-bond donors (Lipinski definition) is 0. The molecular weight excluding hydrogens is 303 g/mol. The fourth-order valence-electron chi connectivity index (χ4n) is 1.54. The lowest BCUT2D eigenvalue weighted by molar-refractivity contribution is -0.312. The van der Waals surface area contributed by atoms with Gasteiger partial charge >= 0.3 is 20.5 Å². The maximum atomic E-state index is 12.1. The van der Waals surface area contributed by atoms with E-state index in [1.165, 1.54) is 27.7 Å². The van der Waals surface area contributed by atoms with Crippen LogP contribution in [0.15, 0.2) is 0 Å². The number of halogens is 6. The summed E-state index contributed by atoms with van der Waals surface area (Å²) in [6.45, 7) is 5.08. The van der Waals surface area contributed by atoms with Gasteiger partial charge in [-0.1, -0.05) is 0 Å². The largest absolute Gasteiger partial charge is 0.530 e. The van der Waals surface area contributed by atoms with Crippen molar-refractivity contribution >= 4 is 7.75 Å². The monoisotopic (exact) mass is 317 g/mol. The Morgan fingerprint density at radius 3 is 1.26 bits per heavy atom.